The lowest BCUT2D eigenvalue weighted by molar-refractivity contribution is -0.129. The van der Waals surface area contributed by atoms with Crippen LogP contribution in [0.1, 0.15) is 25.3 Å². The van der Waals surface area contributed by atoms with Crippen LogP contribution in [-0.4, -0.2) is 61.0 Å². The lowest BCUT2D eigenvalue weighted by atomic mass is 10.1. The summed E-state index contributed by atoms with van der Waals surface area (Å²) < 4.78 is 0. The summed E-state index contributed by atoms with van der Waals surface area (Å²) in [6.07, 6.45) is 1.66. The summed E-state index contributed by atoms with van der Waals surface area (Å²) in [5, 5.41) is 3.15. The van der Waals surface area contributed by atoms with Crippen molar-refractivity contribution in [3.63, 3.8) is 0 Å². The van der Waals surface area contributed by atoms with Gasteiger partial charge in [0, 0.05) is 58.4 Å². The number of carbonyl (C=O) groups excluding carboxylic acids is 2. The number of hydrogen-bond acceptors (Lipinski definition) is 3. The van der Waals surface area contributed by atoms with E-state index in [4.69, 9.17) is 0 Å². The number of urea groups is 1. The highest BCUT2D eigenvalue weighted by atomic mass is 16.2. The maximum Gasteiger partial charge on any atom is 0.317 e. The van der Waals surface area contributed by atoms with Crippen LogP contribution in [-0.2, 0) is 11.3 Å². The van der Waals surface area contributed by atoms with E-state index in [1.165, 1.54) is 11.3 Å². The molecule has 1 aromatic rings. The molecule has 2 aliphatic rings. The van der Waals surface area contributed by atoms with Gasteiger partial charge in [-0.25, -0.2) is 4.79 Å². The molecule has 1 aromatic carbocycles. The van der Waals surface area contributed by atoms with Crippen molar-refractivity contribution >= 4 is 17.6 Å². The molecule has 0 aliphatic carbocycles. The Morgan fingerprint density at radius 2 is 1.75 bits per heavy atom. The van der Waals surface area contributed by atoms with Crippen LogP contribution in [0.15, 0.2) is 24.3 Å². The largest absolute Gasteiger partial charge is 0.373 e. The zero-order valence-corrected chi connectivity index (χ0v) is 14.5. The number of para-hydroxylation sites is 1. The fourth-order valence-corrected chi connectivity index (χ4v) is 3.47. The third-order valence-electron chi connectivity index (χ3n) is 5.02. The van der Waals surface area contributed by atoms with Crippen molar-refractivity contribution in [3.8, 4) is 0 Å². The minimum atomic E-state index is 0.00128. The van der Waals surface area contributed by atoms with Crippen molar-refractivity contribution in [2.24, 2.45) is 0 Å². The standard InChI is InChI=1S/C18H26N4O2/c1-14(23)21-9-7-16(8-10-21)19-18(24)22-12-11-20(2)17-6-4-3-5-15(17)13-22/h3-6,16H,7-13H2,1-2H3,(H,19,24). The first kappa shape index (κ1) is 16.6. The van der Waals surface area contributed by atoms with E-state index in [1.807, 2.05) is 21.9 Å². The second kappa shape index (κ2) is 7.11. The Balaban J connectivity index is 1.59. The van der Waals surface area contributed by atoms with Crippen molar-refractivity contribution < 1.29 is 9.59 Å². The van der Waals surface area contributed by atoms with E-state index in [0.29, 0.717) is 13.1 Å². The number of likely N-dealkylation sites (N-methyl/N-ethyl adjacent to an activating group) is 1. The van der Waals surface area contributed by atoms with Crippen LogP contribution in [0.3, 0.4) is 0 Å². The summed E-state index contributed by atoms with van der Waals surface area (Å²) in [4.78, 5) is 30.0. The van der Waals surface area contributed by atoms with Gasteiger partial charge in [0.2, 0.25) is 5.91 Å². The fourth-order valence-electron chi connectivity index (χ4n) is 3.47. The van der Waals surface area contributed by atoms with E-state index in [1.54, 1.807) is 6.92 Å². The average Bonchev–Trinajstić information content (AvgIpc) is 2.75. The molecule has 3 rings (SSSR count). The first-order valence-corrected chi connectivity index (χ1v) is 8.64. The van der Waals surface area contributed by atoms with Gasteiger partial charge in [-0.2, -0.15) is 0 Å². The van der Waals surface area contributed by atoms with Gasteiger partial charge in [-0.05, 0) is 24.5 Å². The number of rotatable bonds is 1. The summed E-state index contributed by atoms with van der Waals surface area (Å²) in [5.74, 6) is 0.118. The van der Waals surface area contributed by atoms with E-state index in [-0.39, 0.29) is 18.0 Å². The number of fused-ring (bicyclic) bond motifs is 1. The Kier molecular flexibility index (Phi) is 4.92. The van der Waals surface area contributed by atoms with Gasteiger partial charge >= 0.3 is 6.03 Å². The summed E-state index contributed by atoms with van der Waals surface area (Å²) in [6, 6.07) is 8.40. The van der Waals surface area contributed by atoms with Crippen LogP contribution in [0.25, 0.3) is 0 Å². The number of anilines is 1. The third-order valence-corrected chi connectivity index (χ3v) is 5.02. The monoisotopic (exact) mass is 330 g/mol. The van der Waals surface area contributed by atoms with Crippen LogP contribution in [0, 0.1) is 0 Å². The topological polar surface area (TPSA) is 55.9 Å². The number of benzene rings is 1. The minimum Gasteiger partial charge on any atom is -0.373 e. The van der Waals surface area contributed by atoms with E-state index in [9.17, 15) is 9.59 Å². The molecular formula is C18H26N4O2. The smallest absolute Gasteiger partial charge is 0.317 e. The SMILES string of the molecule is CC(=O)N1CCC(NC(=O)N2CCN(C)c3ccccc3C2)CC1. The molecule has 0 radical (unpaired) electrons. The van der Waals surface area contributed by atoms with Crippen LogP contribution >= 0.6 is 0 Å². The van der Waals surface area contributed by atoms with Crippen molar-refractivity contribution in [1.82, 2.24) is 15.1 Å². The summed E-state index contributed by atoms with van der Waals surface area (Å²) in [7, 11) is 2.07. The molecule has 0 saturated carbocycles. The molecule has 3 amide bonds. The highest BCUT2D eigenvalue weighted by Crippen LogP contribution is 2.23. The second-order valence-corrected chi connectivity index (χ2v) is 6.70. The summed E-state index contributed by atoms with van der Waals surface area (Å²) in [6.45, 7) is 5.23. The maximum atomic E-state index is 12.7. The van der Waals surface area contributed by atoms with Crippen molar-refractivity contribution in [3.05, 3.63) is 29.8 Å². The van der Waals surface area contributed by atoms with Gasteiger partial charge in [-0.15, -0.1) is 0 Å². The maximum absolute atomic E-state index is 12.7. The quantitative estimate of drug-likeness (QED) is 0.852. The molecule has 1 fully saturated rings. The molecule has 0 aromatic heterocycles. The van der Waals surface area contributed by atoms with Crippen molar-refractivity contribution in [1.29, 1.82) is 0 Å². The Hall–Kier alpha value is -2.24. The molecule has 0 atom stereocenters. The van der Waals surface area contributed by atoms with E-state index in [2.05, 4.69) is 29.4 Å². The van der Waals surface area contributed by atoms with Crippen molar-refractivity contribution in [2.75, 3.05) is 38.1 Å². The molecule has 0 unspecified atom stereocenters. The van der Waals surface area contributed by atoms with Crippen LogP contribution < -0.4 is 10.2 Å². The highest BCUT2D eigenvalue weighted by molar-refractivity contribution is 5.76. The highest BCUT2D eigenvalue weighted by Gasteiger charge is 2.25. The van der Waals surface area contributed by atoms with Gasteiger partial charge in [0.05, 0.1) is 0 Å². The van der Waals surface area contributed by atoms with Gasteiger partial charge in [0.15, 0.2) is 0 Å². The number of hydrogen-bond donors (Lipinski definition) is 1. The van der Waals surface area contributed by atoms with Gasteiger partial charge in [0.1, 0.15) is 0 Å². The van der Waals surface area contributed by atoms with E-state index < -0.39 is 0 Å². The predicted octanol–water partition coefficient (Wildman–Crippen LogP) is 1.66. The lowest BCUT2D eigenvalue weighted by Gasteiger charge is -2.33. The second-order valence-electron chi connectivity index (χ2n) is 6.70. The molecule has 130 valence electrons. The summed E-state index contributed by atoms with van der Waals surface area (Å²) in [5.41, 5.74) is 2.38. The molecule has 0 spiro atoms. The fraction of sp³-hybridized carbons (Fsp3) is 0.556. The average molecular weight is 330 g/mol. The Labute approximate surface area is 143 Å². The zero-order chi connectivity index (χ0) is 17.1. The normalized spacial score (nSPS) is 18.8. The molecule has 24 heavy (non-hydrogen) atoms. The molecule has 2 aliphatic heterocycles. The molecule has 1 saturated heterocycles. The Morgan fingerprint density at radius 1 is 1.04 bits per heavy atom. The third kappa shape index (κ3) is 3.63. The molecule has 2 heterocycles. The molecule has 1 N–H and O–H groups in total. The van der Waals surface area contributed by atoms with Crippen LogP contribution in [0.5, 0.6) is 0 Å². The molecule has 6 nitrogen and oxygen atoms in total. The number of amides is 3. The molecule has 0 bridgehead atoms. The van der Waals surface area contributed by atoms with Gasteiger partial charge in [0.25, 0.3) is 0 Å². The lowest BCUT2D eigenvalue weighted by Crippen LogP contribution is -2.50. The minimum absolute atomic E-state index is 0.00128. The van der Waals surface area contributed by atoms with Gasteiger partial charge < -0.3 is 20.0 Å². The number of nitrogens with one attached hydrogen (secondary N) is 1. The Bertz CT molecular complexity index is 611. The van der Waals surface area contributed by atoms with Gasteiger partial charge in [-0.3, -0.25) is 4.79 Å². The summed E-state index contributed by atoms with van der Waals surface area (Å²) >= 11 is 0. The molecule has 6 heteroatoms. The number of likely N-dealkylation sites (tertiary alicyclic amines) is 1. The predicted molar refractivity (Wildman–Crippen MR) is 93.9 cm³/mol. The van der Waals surface area contributed by atoms with Crippen LogP contribution in [0.4, 0.5) is 10.5 Å². The van der Waals surface area contributed by atoms with Crippen molar-refractivity contribution in [2.45, 2.75) is 32.4 Å². The number of carbonyl (C=O) groups is 2. The number of nitrogens with zero attached hydrogens (tertiary/aromatic N) is 3. The Morgan fingerprint density at radius 3 is 2.46 bits per heavy atom. The number of piperidine rings is 1. The van der Waals surface area contributed by atoms with E-state index in [0.717, 1.165) is 32.5 Å². The van der Waals surface area contributed by atoms with E-state index >= 15 is 0 Å². The first-order chi connectivity index (χ1) is 11.5. The van der Waals surface area contributed by atoms with Crippen LogP contribution in [0.2, 0.25) is 0 Å². The first-order valence-electron chi connectivity index (χ1n) is 8.64. The zero-order valence-electron chi connectivity index (χ0n) is 14.5. The van der Waals surface area contributed by atoms with Gasteiger partial charge in [-0.1, -0.05) is 18.2 Å². The molecular weight excluding hydrogens is 304 g/mol.